The highest BCUT2D eigenvalue weighted by Crippen LogP contribution is 2.33. The van der Waals surface area contributed by atoms with Gasteiger partial charge in [0.2, 0.25) is 10.0 Å². The van der Waals surface area contributed by atoms with Gasteiger partial charge in [-0.2, -0.15) is 4.31 Å². The molecule has 2 heterocycles. The number of anilines is 1. The van der Waals surface area contributed by atoms with Crippen LogP contribution < -0.4 is 14.8 Å². The van der Waals surface area contributed by atoms with E-state index >= 15 is 0 Å². The second-order valence-corrected chi connectivity index (χ2v) is 11.6. The molecule has 0 spiro atoms. The van der Waals surface area contributed by atoms with Crippen LogP contribution in [0.4, 0.5) is 5.69 Å². The van der Waals surface area contributed by atoms with Gasteiger partial charge in [0.25, 0.3) is 5.91 Å². The molecule has 2 aliphatic rings. The second-order valence-electron chi connectivity index (χ2n) is 9.69. The molecule has 2 aliphatic heterocycles. The number of hydrogen-bond acceptors (Lipinski definition) is 7. The molecule has 1 atom stereocenters. The number of sulfonamides is 1. The lowest BCUT2D eigenvalue weighted by Gasteiger charge is -2.31. The third-order valence-corrected chi connectivity index (χ3v) is 9.33. The Morgan fingerprint density at radius 1 is 0.973 bits per heavy atom. The van der Waals surface area contributed by atoms with Crippen LogP contribution in [0, 0.1) is 33.6 Å². The van der Waals surface area contributed by atoms with E-state index < -0.39 is 33.9 Å². The second kappa shape index (κ2) is 10.7. The van der Waals surface area contributed by atoms with Gasteiger partial charge in [0.05, 0.1) is 10.8 Å². The van der Waals surface area contributed by atoms with Crippen LogP contribution in [-0.4, -0.2) is 57.0 Å². The number of carbonyl (C=O) groups excluding carboxylic acids is 2. The molecule has 4 rings (SSSR count). The molecule has 1 N–H and O–H groups in total. The number of piperidine rings is 1. The van der Waals surface area contributed by atoms with Crippen LogP contribution in [0.1, 0.15) is 42.0 Å². The van der Waals surface area contributed by atoms with Gasteiger partial charge in [0.1, 0.15) is 13.2 Å². The van der Waals surface area contributed by atoms with Gasteiger partial charge in [0, 0.05) is 24.8 Å². The summed E-state index contributed by atoms with van der Waals surface area (Å²) in [5.41, 5.74) is 3.88. The molecule has 1 saturated heterocycles. The average Bonchev–Trinajstić information content (AvgIpc) is 2.87. The van der Waals surface area contributed by atoms with Crippen molar-refractivity contribution in [3.8, 4) is 11.5 Å². The third kappa shape index (κ3) is 5.60. The van der Waals surface area contributed by atoms with E-state index in [0.717, 1.165) is 22.3 Å². The summed E-state index contributed by atoms with van der Waals surface area (Å²) in [4.78, 5) is 25.7. The predicted octanol–water partition coefficient (Wildman–Crippen LogP) is 3.66. The minimum atomic E-state index is -3.70. The number of hydrogen-bond donors (Lipinski definition) is 1. The quantitative estimate of drug-likeness (QED) is 0.568. The van der Waals surface area contributed by atoms with Crippen LogP contribution in [0.15, 0.2) is 29.2 Å². The van der Waals surface area contributed by atoms with Gasteiger partial charge in [-0.1, -0.05) is 6.07 Å². The molecule has 0 saturated carbocycles. The molecule has 0 bridgehead atoms. The Hall–Kier alpha value is -3.11. The van der Waals surface area contributed by atoms with Gasteiger partial charge in [-0.15, -0.1) is 0 Å². The number of amides is 1. The standard InChI is InChI=1S/C27H34N2O7S/c1-16-14-17(2)19(4)25(18(16)3)37(32,33)29-10-8-21(9-11-29)27(31)36-20(5)26(30)28-22-6-7-23-24(15-22)35-13-12-34-23/h6-7,14-15,20-21H,8-13H2,1-5H3,(H,28,30). The van der Waals surface area contributed by atoms with Crippen molar-refractivity contribution in [1.82, 2.24) is 4.31 Å². The predicted molar refractivity (Wildman–Crippen MR) is 138 cm³/mol. The maximum Gasteiger partial charge on any atom is 0.309 e. The fourth-order valence-electron chi connectivity index (χ4n) is 4.72. The van der Waals surface area contributed by atoms with E-state index in [1.807, 2.05) is 33.8 Å². The number of nitrogens with one attached hydrogen (secondary N) is 1. The lowest BCUT2D eigenvalue weighted by atomic mass is 9.98. The molecule has 37 heavy (non-hydrogen) atoms. The van der Waals surface area contributed by atoms with Crippen molar-refractivity contribution >= 4 is 27.6 Å². The van der Waals surface area contributed by atoms with Gasteiger partial charge in [-0.3, -0.25) is 9.59 Å². The summed E-state index contributed by atoms with van der Waals surface area (Å²) in [6, 6.07) is 7.06. The Morgan fingerprint density at radius 2 is 1.57 bits per heavy atom. The number of ether oxygens (including phenoxy) is 3. The van der Waals surface area contributed by atoms with Crippen molar-refractivity contribution in [2.45, 2.75) is 58.5 Å². The average molecular weight is 531 g/mol. The minimum absolute atomic E-state index is 0.214. The highest BCUT2D eigenvalue weighted by Gasteiger charge is 2.35. The maximum atomic E-state index is 13.5. The van der Waals surface area contributed by atoms with Crippen LogP contribution in [0.5, 0.6) is 11.5 Å². The molecule has 0 aromatic heterocycles. The van der Waals surface area contributed by atoms with Crippen LogP contribution in [0.2, 0.25) is 0 Å². The van der Waals surface area contributed by atoms with Gasteiger partial charge < -0.3 is 19.5 Å². The maximum absolute atomic E-state index is 13.5. The van der Waals surface area contributed by atoms with Gasteiger partial charge >= 0.3 is 5.97 Å². The monoisotopic (exact) mass is 530 g/mol. The van der Waals surface area contributed by atoms with E-state index in [1.165, 1.54) is 11.2 Å². The molecule has 2 aromatic carbocycles. The van der Waals surface area contributed by atoms with E-state index in [4.69, 9.17) is 14.2 Å². The smallest absolute Gasteiger partial charge is 0.309 e. The van der Waals surface area contributed by atoms with E-state index in [0.29, 0.717) is 48.1 Å². The van der Waals surface area contributed by atoms with Gasteiger partial charge in [-0.25, -0.2) is 8.42 Å². The SMILES string of the molecule is Cc1cc(C)c(C)c(S(=O)(=O)N2CCC(C(=O)OC(C)C(=O)Nc3ccc4c(c3)OCCO4)CC2)c1C. The van der Waals surface area contributed by atoms with Gasteiger partial charge in [-0.05, 0) is 81.8 Å². The van der Waals surface area contributed by atoms with Crippen LogP contribution in [0.3, 0.4) is 0 Å². The van der Waals surface area contributed by atoms with Crippen molar-refractivity contribution in [3.63, 3.8) is 0 Å². The minimum Gasteiger partial charge on any atom is -0.486 e. The Labute approximate surface area is 218 Å². The molecule has 2 aromatic rings. The molecule has 1 amide bonds. The summed E-state index contributed by atoms with van der Waals surface area (Å²) in [5, 5.41) is 2.73. The van der Waals surface area contributed by atoms with Crippen molar-refractivity contribution in [2.75, 3.05) is 31.6 Å². The number of fused-ring (bicyclic) bond motifs is 1. The van der Waals surface area contributed by atoms with Crippen molar-refractivity contribution < 1.29 is 32.2 Å². The van der Waals surface area contributed by atoms with E-state index in [1.54, 1.807) is 18.2 Å². The first kappa shape index (κ1) is 26.9. The van der Waals surface area contributed by atoms with E-state index in [-0.39, 0.29) is 13.1 Å². The molecular formula is C27H34N2O7S. The Morgan fingerprint density at radius 3 is 2.19 bits per heavy atom. The first-order valence-corrected chi connectivity index (χ1v) is 13.9. The third-order valence-electron chi connectivity index (χ3n) is 7.15. The first-order valence-electron chi connectivity index (χ1n) is 12.5. The highest BCUT2D eigenvalue weighted by molar-refractivity contribution is 7.89. The fourth-order valence-corrected chi connectivity index (χ4v) is 6.76. The summed E-state index contributed by atoms with van der Waals surface area (Å²) in [7, 11) is -3.70. The highest BCUT2D eigenvalue weighted by atomic mass is 32.2. The largest absolute Gasteiger partial charge is 0.486 e. The number of carbonyl (C=O) groups is 2. The zero-order chi connectivity index (χ0) is 26.9. The molecule has 10 heteroatoms. The summed E-state index contributed by atoms with van der Waals surface area (Å²) in [6.45, 7) is 10.3. The number of rotatable bonds is 6. The Balaban J connectivity index is 1.34. The van der Waals surface area contributed by atoms with Gasteiger partial charge in [0.15, 0.2) is 17.6 Å². The zero-order valence-electron chi connectivity index (χ0n) is 21.9. The number of nitrogens with zero attached hydrogens (tertiary/aromatic N) is 1. The number of aryl methyl sites for hydroxylation is 2. The summed E-state index contributed by atoms with van der Waals surface area (Å²) >= 11 is 0. The van der Waals surface area contributed by atoms with Crippen molar-refractivity contribution in [1.29, 1.82) is 0 Å². The van der Waals surface area contributed by atoms with Crippen LogP contribution in [-0.2, 0) is 24.3 Å². The topological polar surface area (TPSA) is 111 Å². The summed E-state index contributed by atoms with van der Waals surface area (Å²) in [5.74, 6) is -0.287. The number of esters is 1. The lowest BCUT2D eigenvalue weighted by molar-refractivity contribution is -0.158. The van der Waals surface area contributed by atoms with Crippen molar-refractivity contribution in [2.24, 2.45) is 5.92 Å². The lowest BCUT2D eigenvalue weighted by Crippen LogP contribution is -2.42. The summed E-state index contributed by atoms with van der Waals surface area (Å²) < 4.78 is 44.8. The zero-order valence-corrected chi connectivity index (χ0v) is 22.7. The molecule has 1 unspecified atom stereocenters. The first-order chi connectivity index (χ1) is 17.5. The molecule has 0 aliphatic carbocycles. The van der Waals surface area contributed by atoms with E-state index in [9.17, 15) is 18.0 Å². The molecule has 9 nitrogen and oxygen atoms in total. The molecule has 200 valence electrons. The molecule has 1 fully saturated rings. The summed E-state index contributed by atoms with van der Waals surface area (Å²) in [6.07, 6.45) is -0.349. The van der Waals surface area contributed by atoms with Crippen LogP contribution in [0.25, 0.3) is 0 Å². The number of benzene rings is 2. The van der Waals surface area contributed by atoms with Crippen LogP contribution >= 0.6 is 0 Å². The molecular weight excluding hydrogens is 496 g/mol. The Bertz CT molecular complexity index is 1290. The molecule has 0 radical (unpaired) electrons. The Kier molecular flexibility index (Phi) is 7.80. The van der Waals surface area contributed by atoms with E-state index in [2.05, 4.69) is 5.32 Å². The fraction of sp³-hybridized carbons (Fsp3) is 0.481. The normalized spacial score (nSPS) is 17.2. The van der Waals surface area contributed by atoms with Crippen molar-refractivity contribution in [3.05, 3.63) is 46.5 Å².